The second kappa shape index (κ2) is 7.72. The molecule has 0 fully saturated rings. The van der Waals surface area contributed by atoms with Crippen LogP contribution in [0.5, 0.6) is 0 Å². The molecule has 0 aromatic carbocycles. The van der Waals surface area contributed by atoms with Gasteiger partial charge in [0.2, 0.25) is 5.91 Å². The number of thioether (sulfide) groups is 1. The van der Waals surface area contributed by atoms with Gasteiger partial charge < -0.3 is 10.6 Å². The SMILES string of the molecule is CCCCn1c(N)c(N(C)C(=O)CSC(C)(C)C)c(=O)[nH]c1=O. The van der Waals surface area contributed by atoms with Crippen LogP contribution in [0, 0.1) is 0 Å². The maximum atomic E-state index is 12.3. The van der Waals surface area contributed by atoms with Gasteiger partial charge in [-0.2, -0.15) is 0 Å². The first-order chi connectivity index (χ1) is 10.6. The van der Waals surface area contributed by atoms with E-state index in [2.05, 4.69) is 4.98 Å². The van der Waals surface area contributed by atoms with Crippen LogP contribution in [0.3, 0.4) is 0 Å². The van der Waals surface area contributed by atoms with Crippen LogP contribution >= 0.6 is 11.8 Å². The highest BCUT2D eigenvalue weighted by Gasteiger charge is 2.22. The van der Waals surface area contributed by atoms with Crippen LogP contribution in [0.25, 0.3) is 0 Å². The number of hydrogen-bond donors (Lipinski definition) is 2. The second-order valence-electron chi connectivity index (χ2n) is 6.35. The first-order valence-electron chi connectivity index (χ1n) is 7.61. The largest absolute Gasteiger partial charge is 0.383 e. The molecule has 1 amide bonds. The van der Waals surface area contributed by atoms with E-state index in [9.17, 15) is 14.4 Å². The highest BCUT2D eigenvalue weighted by atomic mass is 32.2. The summed E-state index contributed by atoms with van der Waals surface area (Å²) in [7, 11) is 1.50. The number of anilines is 2. The number of nitrogen functional groups attached to an aromatic ring is 1. The zero-order valence-electron chi connectivity index (χ0n) is 14.4. The molecule has 1 aromatic heterocycles. The van der Waals surface area contributed by atoms with Gasteiger partial charge in [0, 0.05) is 18.3 Å². The zero-order valence-corrected chi connectivity index (χ0v) is 15.2. The van der Waals surface area contributed by atoms with Gasteiger partial charge >= 0.3 is 5.69 Å². The predicted molar refractivity (Wildman–Crippen MR) is 96.3 cm³/mol. The lowest BCUT2D eigenvalue weighted by Crippen LogP contribution is -2.40. The van der Waals surface area contributed by atoms with Gasteiger partial charge in [0.25, 0.3) is 5.56 Å². The molecule has 0 aliphatic carbocycles. The minimum Gasteiger partial charge on any atom is -0.383 e. The Morgan fingerprint density at radius 1 is 1.35 bits per heavy atom. The molecule has 0 saturated heterocycles. The van der Waals surface area contributed by atoms with Crippen molar-refractivity contribution in [1.82, 2.24) is 9.55 Å². The van der Waals surface area contributed by atoms with Crippen LogP contribution in [0.2, 0.25) is 0 Å². The van der Waals surface area contributed by atoms with Crippen molar-refractivity contribution in [1.29, 1.82) is 0 Å². The quantitative estimate of drug-likeness (QED) is 0.814. The van der Waals surface area contributed by atoms with Gasteiger partial charge in [-0.3, -0.25) is 19.1 Å². The van der Waals surface area contributed by atoms with Gasteiger partial charge in [0.05, 0.1) is 5.75 Å². The van der Waals surface area contributed by atoms with E-state index >= 15 is 0 Å². The van der Waals surface area contributed by atoms with Crippen LogP contribution in [0.1, 0.15) is 40.5 Å². The van der Waals surface area contributed by atoms with Crippen LogP contribution in [-0.4, -0.2) is 33.0 Å². The Hall–Kier alpha value is -1.70. The van der Waals surface area contributed by atoms with E-state index in [1.807, 2.05) is 27.7 Å². The molecule has 0 saturated carbocycles. The van der Waals surface area contributed by atoms with Crippen LogP contribution in [0.4, 0.5) is 11.5 Å². The van der Waals surface area contributed by atoms with Crippen molar-refractivity contribution in [3.63, 3.8) is 0 Å². The molecule has 130 valence electrons. The maximum Gasteiger partial charge on any atom is 0.330 e. The molecule has 0 aliphatic heterocycles. The summed E-state index contributed by atoms with van der Waals surface area (Å²) in [6, 6.07) is 0. The number of carbonyl (C=O) groups excluding carboxylic acids is 1. The third-order valence-electron chi connectivity index (χ3n) is 3.29. The van der Waals surface area contributed by atoms with Crippen LogP contribution < -0.4 is 21.9 Å². The molecule has 0 spiro atoms. The zero-order chi connectivity index (χ0) is 17.8. The normalized spacial score (nSPS) is 11.5. The number of nitrogens with one attached hydrogen (secondary N) is 1. The Morgan fingerprint density at radius 3 is 2.48 bits per heavy atom. The molecule has 0 aliphatic rings. The molecule has 1 rings (SSSR count). The van der Waals surface area contributed by atoms with E-state index in [1.54, 1.807) is 0 Å². The first kappa shape index (κ1) is 19.3. The third-order valence-corrected chi connectivity index (χ3v) is 4.54. The summed E-state index contributed by atoms with van der Waals surface area (Å²) in [6.07, 6.45) is 1.64. The summed E-state index contributed by atoms with van der Waals surface area (Å²) in [5, 5.41) is 0. The Labute approximate surface area is 140 Å². The van der Waals surface area contributed by atoms with Crippen molar-refractivity contribution >= 4 is 29.2 Å². The molecule has 7 nitrogen and oxygen atoms in total. The molecule has 23 heavy (non-hydrogen) atoms. The number of aromatic nitrogens is 2. The summed E-state index contributed by atoms with van der Waals surface area (Å²) in [5.41, 5.74) is 4.83. The lowest BCUT2D eigenvalue weighted by atomic mass is 10.3. The summed E-state index contributed by atoms with van der Waals surface area (Å²) >= 11 is 1.48. The smallest absolute Gasteiger partial charge is 0.330 e. The molecule has 8 heteroatoms. The molecule has 0 bridgehead atoms. The van der Waals surface area contributed by atoms with Gasteiger partial charge in [-0.15, -0.1) is 11.8 Å². The van der Waals surface area contributed by atoms with Gasteiger partial charge in [-0.1, -0.05) is 34.1 Å². The highest BCUT2D eigenvalue weighted by Crippen LogP contribution is 2.24. The number of carbonyl (C=O) groups is 1. The molecule has 1 aromatic rings. The predicted octanol–water partition coefficient (Wildman–Crippen LogP) is 1.41. The van der Waals surface area contributed by atoms with Crippen molar-refractivity contribution in [2.24, 2.45) is 0 Å². The van der Waals surface area contributed by atoms with Gasteiger partial charge in [-0.25, -0.2) is 4.79 Å². The standard InChI is InChI=1S/C15H26N4O3S/c1-6-7-8-19-12(16)11(13(21)17-14(19)22)18(5)10(20)9-23-15(2,3)4/h6-9,16H2,1-5H3,(H,17,21,22). The van der Waals surface area contributed by atoms with Gasteiger partial charge in [0.15, 0.2) is 5.69 Å². The molecule has 3 N–H and O–H groups in total. The van der Waals surface area contributed by atoms with E-state index in [1.165, 1.54) is 28.3 Å². The minimum absolute atomic E-state index is 0.0280. The Balaban J connectivity index is 3.13. The minimum atomic E-state index is -0.642. The van der Waals surface area contributed by atoms with Gasteiger partial charge in [0.1, 0.15) is 5.82 Å². The lowest BCUT2D eigenvalue weighted by Gasteiger charge is -2.22. The number of H-pyrrole nitrogens is 1. The number of rotatable bonds is 6. The topological polar surface area (TPSA) is 101 Å². The summed E-state index contributed by atoms with van der Waals surface area (Å²) in [6.45, 7) is 8.43. The average molecular weight is 342 g/mol. The van der Waals surface area contributed by atoms with E-state index < -0.39 is 11.2 Å². The number of amides is 1. The van der Waals surface area contributed by atoms with Crippen molar-refractivity contribution in [3.8, 4) is 0 Å². The molecule has 0 unspecified atom stereocenters. The first-order valence-corrected chi connectivity index (χ1v) is 8.60. The van der Waals surface area contributed by atoms with Crippen molar-refractivity contribution < 1.29 is 4.79 Å². The van der Waals surface area contributed by atoms with Crippen molar-refractivity contribution in [3.05, 3.63) is 20.8 Å². The lowest BCUT2D eigenvalue weighted by molar-refractivity contribution is -0.115. The molecular formula is C15H26N4O3S. The number of nitrogens with two attached hydrogens (primary N) is 1. The van der Waals surface area contributed by atoms with E-state index in [0.717, 1.165) is 12.8 Å². The van der Waals surface area contributed by atoms with E-state index in [0.29, 0.717) is 6.54 Å². The summed E-state index contributed by atoms with van der Waals surface area (Å²) in [4.78, 5) is 39.8. The van der Waals surface area contributed by atoms with E-state index in [-0.39, 0.29) is 27.9 Å². The molecule has 0 atom stereocenters. The number of nitrogens with zero attached hydrogens (tertiary/aromatic N) is 2. The average Bonchev–Trinajstić information content (AvgIpc) is 2.43. The fourth-order valence-corrected chi connectivity index (χ4v) is 2.69. The fraction of sp³-hybridized carbons (Fsp3) is 0.667. The van der Waals surface area contributed by atoms with Crippen molar-refractivity contribution in [2.45, 2.75) is 51.8 Å². The van der Waals surface area contributed by atoms with E-state index in [4.69, 9.17) is 5.73 Å². The summed E-state index contributed by atoms with van der Waals surface area (Å²) in [5.74, 6) is 0.0269. The summed E-state index contributed by atoms with van der Waals surface area (Å²) < 4.78 is 1.25. The fourth-order valence-electron chi connectivity index (χ4n) is 1.94. The number of hydrogen-bond acceptors (Lipinski definition) is 5. The third kappa shape index (κ3) is 5.16. The Bertz CT molecular complexity index is 673. The second-order valence-corrected chi connectivity index (χ2v) is 8.15. The number of unbranched alkanes of at least 4 members (excludes halogenated alkanes) is 1. The maximum absolute atomic E-state index is 12.3. The highest BCUT2D eigenvalue weighted by molar-refractivity contribution is 8.01. The molecular weight excluding hydrogens is 316 g/mol. The van der Waals surface area contributed by atoms with Crippen molar-refractivity contribution in [2.75, 3.05) is 23.4 Å². The Kier molecular flexibility index (Phi) is 6.49. The van der Waals surface area contributed by atoms with Gasteiger partial charge in [-0.05, 0) is 6.42 Å². The number of aromatic amines is 1. The molecule has 0 radical (unpaired) electrons. The van der Waals surface area contributed by atoms with Crippen LogP contribution in [-0.2, 0) is 11.3 Å². The van der Waals surface area contributed by atoms with Crippen LogP contribution in [0.15, 0.2) is 9.59 Å². The Morgan fingerprint density at radius 2 is 1.96 bits per heavy atom. The molecule has 1 heterocycles. The monoisotopic (exact) mass is 342 g/mol.